The van der Waals surface area contributed by atoms with Crippen LogP contribution in [-0.2, 0) is 11.2 Å². The van der Waals surface area contributed by atoms with E-state index in [1.807, 2.05) is 31.2 Å². The molecule has 34 heavy (non-hydrogen) atoms. The highest BCUT2D eigenvalue weighted by atomic mass is 32.2. The van der Waals surface area contributed by atoms with E-state index < -0.39 is 12.1 Å². The van der Waals surface area contributed by atoms with Gasteiger partial charge in [0.05, 0.1) is 12.1 Å². The Morgan fingerprint density at radius 3 is 2.97 bits per heavy atom. The van der Waals surface area contributed by atoms with Crippen LogP contribution in [0.1, 0.15) is 35.8 Å². The third kappa shape index (κ3) is 7.57. The maximum atomic E-state index is 12.3. The van der Waals surface area contributed by atoms with Crippen LogP contribution in [0.5, 0.6) is 0 Å². The van der Waals surface area contributed by atoms with E-state index in [2.05, 4.69) is 15.6 Å². The normalized spacial score (nSPS) is 16.7. The quantitative estimate of drug-likeness (QED) is 0.273. The number of thioether (sulfide) groups is 1. The fraction of sp³-hybridized carbons (Fsp3) is 0.391. The van der Waals surface area contributed by atoms with Crippen molar-refractivity contribution in [3.8, 4) is 0 Å². The fourth-order valence-electron chi connectivity index (χ4n) is 3.58. The first-order valence-corrected chi connectivity index (χ1v) is 12.8. The van der Waals surface area contributed by atoms with Crippen molar-refractivity contribution < 1.29 is 24.6 Å². The van der Waals surface area contributed by atoms with Crippen molar-refractivity contribution in [2.75, 3.05) is 24.2 Å². The molecule has 0 aliphatic carbocycles. The number of aliphatic hydroxyl groups is 1. The topological polar surface area (TPSA) is 132 Å². The molecule has 0 saturated carbocycles. The number of anilines is 1. The van der Waals surface area contributed by atoms with Crippen molar-refractivity contribution >= 4 is 46.7 Å². The minimum Gasteiger partial charge on any atom is -0.476 e. The van der Waals surface area contributed by atoms with Crippen molar-refractivity contribution in [3.05, 3.63) is 53.1 Å². The van der Waals surface area contributed by atoms with E-state index in [0.29, 0.717) is 48.1 Å². The van der Waals surface area contributed by atoms with Gasteiger partial charge < -0.3 is 25.7 Å². The number of carboxylic acids is 1. The van der Waals surface area contributed by atoms with Gasteiger partial charge in [-0.3, -0.25) is 4.79 Å². The number of carbonyl (C=O) groups is 3. The number of aromatic nitrogens is 1. The number of aliphatic hydroxyl groups excluding tert-OH is 1. The van der Waals surface area contributed by atoms with Gasteiger partial charge in [-0.1, -0.05) is 36.0 Å². The molecule has 11 heteroatoms. The van der Waals surface area contributed by atoms with Crippen molar-refractivity contribution in [1.82, 2.24) is 15.2 Å². The Morgan fingerprint density at radius 2 is 2.24 bits per heavy atom. The summed E-state index contributed by atoms with van der Waals surface area (Å²) in [7, 11) is 0. The minimum absolute atomic E-state index is 0.0325. The lowest BCUT2D eigenvalue weighted by molar-refractivity contribution is -0.128. The summed E-state index contributed by atoms with van der Waals surface area (Å²) in [6.07, 6.45) is 4.41. The molecule has 0 bridgehead atoms. The predicted octanol–water partition coefficient (Wildman–Crippen LogP) is 3.23. The van der Waals surface area contributed by atoms with Crippen molar-refractivity contribution in [1.29, 1.82) is 0 Å². The molecule has 2 atom stereocenters. The lowest BCUT2D eigenvalue weighted by Gasteiger charge is -2.22. The summed E-state index contributed by atoms with van der Waals surface area (Å²) < 4.78 is 0.662. The zero-order chi connectivity index (χ0) is 24.5. The number of nitrogens with one attached hydrogen (secondary N) is 2. The molecule has 1 aliphatic heterocycles. The Hall–Kier alpha value is -2.89. The first-order valence-electron chi connectivity index (χ1n) is 11.0. The number of rotatable bonds is 11. The average molecular weight is 505 g/mol. The Labute approximate surface area is 206 Å². The number of nitrogens with zero attached hydrogens (tertiary/aromatic N) is 2. The first kappa shape index (κ1) is 25.7. The highest BCUT2D eigenvalue weighted by Gasteiger charge is 2.28. The summed E-state index contributed by atoms with van der Waals surface area (Å²) in [5, 5.41) is 26.4. The summed E-state index contributed by atoms with van der Waals surface area (Å²) in [5.41, 5.74) is 1.57. The molecule has 4 N–H and O–H groups in total. The summed E-state index contributed by atoms with van der Waals surface area (Å²) in [4.78, 5) is 40.8. The maximum Gasteiger partial charge on any atom is 0.355 e. The summed E-state index contributed by atoms with van der Waals surface area (Å²) in [5.74, 6) is -0.373. The van der Waals surface area contributed by atoms with Crippen LogP contribution in [0, 0.1) is 0 Å². The second-order valence-electron chi connectivity index (χ2n) is 7.69. The molecular weight excluding hydrogens is 476 g/mol. The van der Waals surface area contributed by atoms with Crippen molar-refractivity contribution in [2.45, 2.75) is 42.7 Å². The van der Waals surface area contributed by atoms with E-state index in [-0.39, 0.29) is 23.7 Å². The van der Waals surface area contributed by atoms with Gasteiger partial charge >= 0.3 is 12.0 Å². The van der Waals surface area contributed by atoms with E-state index >= 15 is 0 Å². The van der Waals surface area contributed by atoms with Crippen LogP contribution < -0.4 is 10.6 Å². The van der Waals surface area contributed by atoms with Gasteiger partial charge in [0.25, 0.3) is 0 Å². The Balaban J connectivity index is 1.50. The Kier molecular flexibility index (Phi) is 9.49. The van der Waals surface area contributed by atoms with E-state index in [1.54, 1.807) is 17.0 Å². The molecule has 1 aromatic carbocycles. The molecule has 1 fully saturated rings. The van der Waals surface area contributed by atoms with E-state index in [0.717, 1.165) is 5.56 Å². The second kappa shape index (κ2) is 12.5. The molecule has 2 aromatic rings. The third-order valence-electron chi connectivity index (χ3n) is 5.16. The largest absolute Gasteiger partial charge is 0.476 e. The molecule has 1 aromatic heterocycles. The Morgan fingerprint density at radius 1 is 1.41 bits per heavy atom. The van der Waals surface area contributed by atoms with Gasteiger partial charge in [0.1, 0.15) is 0 Å². The van der Waals surface area contributed by atoms with Gasteiger partial charge in [-0.2, -0.15) is 0 Å². The van der Waals surface area contributed by atoms with E-state index in [4.69, 9.17) is 5.11 Å². The molecular formula is C23H28N4O5S2. The van der Waals surface area contributed by atoms with Crippen LogP contribution in [0.3, 0.4) is 0 Å². The van der Waals surface area contributed by atoms with Crippen molar-refractivity contribution in [3.63, 3.8) is 0 Å². The number of hydrogen-bond donors (Lipinski definition) is 4. The molecule has 182 valence electrons. The molecule has 9 nitrogen and oxygen atoms in total. The average Bonchev–Trinajstić information content (AvgIpc) is 3.40. The van der Waals surface area contributed by atoms with Gasteiger partial charge in [0.15, 0.2) is 10.0 Å². The fourth-order valence-corrected chi connectivity index (χ4v) is 5.39. The molecule has 0 spiro atoms. The predicted molar refractivity (Wildman–Crippen MR) is 133 cm³/mol. The van der Waals surface area contributed by atoms with Crippen LogP contribution >= 0.6 is 23.1 Å². The highest BCUT2D eigenvalue weighted by molar-refractivity contribution is 8.01. The van der Waals surface area contributed by atoms with Crippen LogP contribution in [0.4, 0.5) is 10.5 Å². The Bertz CT molecular complexity index is 1040. The monoisotopic (exact) mass is 504 g/mol. The number of likely N-dealkylation sites (tertiary alicyclic amines) is 1. The van der Waals surface area contributed by atoms with Gasteiger partial charge in [-0.15, -0.1) is 11.3 Å². The number of thiazole rings is 1. The molecule has 1 aliphatic rings. The summed E-state index contributed by atoms with van der Waals surface area (Å²) >= 11 is 2.70. The van der Waals surface area contributed by atoms with Crippen LogP contribution in [0.2, 0.25) is 0 Å². The van der Waals surface area contributed by atoms with Crippen LogP contribution in [0.15, 0.2) is 46.1 Å². The third-order valence-corrected chi connectivity index (χ3v) is 7.16. The van der Waals surface area contributed by atoms with Crippen molar-refractivity contribution in [2.24, 2.45) is 0 Å². The SMILES string of the molecule is CCNC(=O)Nc1cccc(C[C@H](O)/C=C/[C@H]2CCC(=O)N2CCSc2nc(C(=O)O)cs2)c1. The van der Waals surface area contributed by atoms with Gasteiger partial charge in [-0.05, 0) is 31.0 Å². The van der Waals surface area contributed by atoms with Gasteiger partial charge in [-0.25, -0.2) is 14.6 Å². The minimum atomic E-state index is -1.05. The number of aromatic carboxylic acids is 1. The van der Waals surface area contributed by atoms with Gasteiger partial charge in [0.2, 0.25) is 5.91 Å². The number of urea groups is 1. The molecule has 3 rings (SSSR count). The summed E-state index contributed by atoms with van der Waals surface area (Å²) in [6.45, 7) is 2.89. The van der Waals surface area contributed by atoms with E-state index in [1.165, 1.54) is 28.5 Å². The lowest BCUT2D eigenvalue weighted by atomic mass is 10.1. The van der Waals surface area contributed by atoms with Crippen LogP contribution in [0.25, 0.3) is 0 Å². The smallest absolute Gasteiger partial charge is 0.355 e. The summed E-state index contributed by atoms with van der Waals surface area (Å²) in [6, 6.07) is 6.96. The zero-order valence-corrected chi connectivity index (χ0v) is 20.4. The molecule has 3 amide bonds. The number of carboxylic acid groups (broad SMARTS) is 1. The second-order valence-corrected chi connectivity index (χ2v) is 9.89. The molecule has 0 unspecified atom stereocenters. The number of benzene rings is 1. The number of carbonyl (C=O) groups excluding carboxylic acids is 2. The molecule has 2 heterocycles. The molecule has 1 saturated heterocycles. The number of amides is 3. The first-order chi connectivity index (χ1) is 16.4. The lowest BCUT2D eigenvalue weighted by Crippen LogP contribution is -2.33. The number of hydrogen-bond acceptors (Lipinski definition) is 7. The van der Waals surface area contributed by atoms with Crippen LogP contribution in [-0.4, -0.2) is 69.0 Å². The van der Waals surface area contributed by atoms with Gasteiger partial charge in [0, 0.05) is 42.8 Å². The van der Waals surface area contributed by atoms with E-state index in [9.17, 15) is 19.5 Å². The molecule has 0 radical (unpaired) electrons. The highest BCUT2D eigenvalue weighted by Crippen LogP contribution is 2.25. The zero-order valence-electron chi connectivity index (χ0n) is 18.8. The maximum absolute atomic E-state index is 12.3. The standard InChI is InChI=1S/C23H28N4O5S2/c1-2-24-22(32)25-16-5-3-4-15(12-16)13-18(28)8-6-17-7-9-20(29)27(17)10-11-33-23-26-19(14-34-23)21(30)31/h3-6,8,12,14,17-18,28H,2,7,9-11,13H2,1H3,(H,30,31)(H2,24,25,32)/b8-6+/t17-,18+/m0/s1.